The van der Waals surface area contributed by atoms with Crippen LogP contribution < -0.4 is 10.5 Å². The molecule has 1 aromatic heterocycles. The molecule has 0 radical (unpaired) electrons. The van der Waals surface area contributed by atoms with E-state index in [0.717, 1.165) is 15.8 Å². The molecule has 0 spiro atoms. The van der Waals surface area contributed by atoms with Gasteiger partial charge in [0.2, 0.25) is 0 Å². The Kier molecular flexibility index (Phi) is 3.00. The van der Waals surface area contributed by atoms with Gasteiger partial charge in [-0.25, -0.2) is 0 Å². The Balaban J connectivity index is 2.25. The summed E-state index contributed by atoms with van der Waals surface area (Å²) in [6.45, 7) is 0. The lowest BCUT2D eigenvalue weighted by molar-refractivity contribution is 0.415. The molecule has 0 saturated carbocycles. The number of nitrogens with two attached hydrogens (primary N) is 1. The number of benzene rings is 1. The number of hydrogen-bond donors (Lipinski definition) is 1. The quantitative estimate of drug-likeness (QED) is 0.819. The summed E-state index contributed by atoms with van der Waals surface area (Å²) in [5.74, 6) is 0.750. The van der Waals surface area contributed by atoms with Gasteiger partial charge in [0.15, 0.2) is 5.16 Å². The van der Waals surface area contributed by atoms with Crippen LogP contribution in [0.3, 0.4) is 0 Å². The maximum absolute atomic E-state index is 5.91. The Morgan fingerprint density at radius 2 is 2.25 bits per heavy atom. The van der Waals surface area contributed by atoms with Gasteiger partial charge < -0.3 is 15.0 Å². The number of hydrogen-bond acceptors (Lipinski definition) is 5. The lowest BCUT2D eigenvalue weighted by atomic mass is 10.3. The monoisotopic (exact) mass is 236 g/mol. The van der Waals surface area contributed by atoms with Crippen molar-refractivity contribution >= 4 is 17.4 Å². The Hall–Kier alpha value is -1.69. The fraction of sp³-hybridized carbons (Fsp3) is 0.200. The summed E-state index contributed by atoms with van der Waals surface area (Å²) in [6.07, 6.45) is 1.65. The molecule has 5 nitrogen and oxygen atoms in total. The fourth-order valence-corrected chi connectivity index (χ4v) is 2.00. The van der Waals surface area contributed by atoms with E-state index in [2.05, 4.69) is 10.2 Å². The average Bonchev–Trinajstić information content (AvgIpc) is 2.67. The van der Waals surface area contributed by atoms with Gasteiger partial charge in [-0.3, -0.25) is 0 Å². The molecule has 16 heavy (non-hydrogen) atoms. The molecule has 0 bridgehead atoms. The number of aromatic nitrogens is 3. The van der Waals surface area contributed by atoms with Crippen LogP contribution in [-0.4, -0.2) is 21.9 Å². The van der Waals surface area contributed by atoms with Crippen LogP contribution in [0.5, 0.6) is 5.75 Å². The van der Waals surface area contributed by atoms with E-state index in [4.69, 9.17) is 10.5 Å². The summed E-state index contributed by atoms with van der Waals surface area (Å²) >= 11 is 1.48. The van der Waals surface area contributed by atoms with Crippen molar-refractivity contribution in [2.75, 3.05) is 12.8 Å². The van der Waals surface area contributed by atoms with E-state index in [1.165, 1.54) is 11.8 Å². The number of methoxy groups -OCH3 is 1. The predicted octanol–water partition coefficient (Wildman–Crippen LogP) is 1.56. The summed E-state index contributed by atoms with van der Waals surface area (Å²) in [4.78, 5) is 0.942. The van der Waals surface area contributed by atoms with E-state index in [-0.39, 0.29) is 0 Å². The van der Waals surface area contributed by atoms with Gasteiger partial charge in [-0.2, -0.15) is 0 Å². The SMILES string of the molecule is COc1ccc(Sc2nncn2C)c(N)c1. The van der Waals surface area contributed by atoms with Crippen molar-refractivity contribution in [1.29, 1.82) is 0 Å². The highest BCUT2D eigenvalue weighted by Gasteiger charge is 2.07. The summed E-state index contributed by atoms with van der Waals surface area (Å²) in [5, 5.41) is 8.59. The number of rotatable bonds is 3. The molecule has 2 aromatic rings. The molecule has 2 rings (SSSR count). The Morgan fingerprint density at radius 3 is 2.81 bits per heavy atom. The lowest BCUT2D eigenvalue weighted by Crippen LogP contribution is -1.93. The maximum atomic E-state index is 5.91. The van der Waals surface area contributed by atoms with Gasteiger partial charge in [0.05, 0.1) is 7.11 Å². The van der Waals surface area contributed by atoms with Crippen molar-refractivity contribution < 1.29 is 4.74 Å². The van der Waals surface area contributed by atoms with E-state index in [0.29, 0.717) is 5.69 Å². The van der Waals surface area contributed by atoms with Gasteiger partial charge in [0, 0.05) is 23.7 Å². The zero-order valence-corrected chi connectivity index (χ0v) is 9.86. The van der Waals surface area contributed by atoms with Crippen molar-refractivity contribution in [3.63, 3.8) is 0 Å². The molecular weight excluding hydrogens is 224 g/mol. The van der Waals surface area contributed by atoms with E-state index < -0.39 is 0 Å². The van der Waals surface area contributed by atoms with Crippen LogP contribution in [0.4, 0.5) is 5.69 Å². The minimum Gasteiger partial charge on any atom is -0.497 e. The normalized spacial score (nSPS) is 10.4. The summed E-state index contributed by atoms with van der Waals surface area (Å²) in [7, 11) is 3.51. The summed E-state index contributed by atoms with van der Waals surface area (Å²) in [5.41, 5.74) is 6.58. The molecule has 0 aliphatic heterocycles. The summed E-state index contributed by atoms with van der Waals surface area (Å²) < 4.78 is 6.93. The van der Waals surface area contributed by atoms with Crippen molar-refractivity contribution in [2.45, 2.75) is 10.1 Å². The van der Waals surface area contributed by atoms with E-state index in [1.54, 1.807) is 19.5 Å². The Bertz CT molecular complexity index is 497. The smallest absolute Gasteiger partial charge is 0.195 e. The largest absolute Gasteiger partial charge is 0.497 e. The van der Waals surface area contributed by atoms with Crippen molar-refractivity contribution in [1.82, 2.24) is 14.8 Å². The molecule has 0 aliphatic carbocycles. The van der Waals surface area contributed by atoms with Gasteiger partial charge >= 0.3 is 0 Å². The highest BCUT2D eigenvalue weighted by molar-refractivity contribution is 7.99. The molecule has 0 amide bonds. The third-order valence-electron chi connectivity index (χ3n) is 2.09. The third kappa shape index (κ3) is 2.11. The van der Waals surface area contributed by atoms with Crippen molar-refractivity contribution in [3.05, 3.63) is 24.5 Å². The minimum atomic E-state index is 0.673. The van der Waals surface area contributed by atoms with Crippen LogP contribution in [0.2, 0.25) is 0 Å². The van der Waals surface area contributed by atoms with Gasteiger partial charge in [-0.05, 0) is 23.9 Å². The topological polar surface area (TPSA) is 66.0 Å². The van der Waals surface area contributed by atoms with Gasteiger partial charge in [0.1, 0.15) is 12.1 Å². The van der Waals surface area contributed by atoms with Crippen molar-refractivity contribution in [3.8, 4) is 5.75 Å². The van der Waals surface area contributed by atoms with Crippen LogP contribution in [-0.2, 0) is 7.05 Å². The number of aryl methyl sites for hydroxylation is 1. The number of nitrogens with zero attached hydrogens (tertiary/aromatic N) is 3. The van der Waals surface area contributed by atoms with E-state index in [1.807, 2.05) is 23.7 Å². The van der Waals surface area contributed by atoms with Crippen LogP contribution >= 0.6 is 11.8 Å². The molecule has 84 valence electrons. The third-order valence-corrected chi connectivity index (χ3v) is 3.23. The van der Waals surface area contributed by atoms with Crippen LogP contribution in [0.1, 0.15) is 0 Å². The first-order valence-corrected chi connectivity index (χ1v) is 5.47. The van der Waals surface area contributed by atoms with Crippen LogP contribution in [0, 0.1) is 0 Å². The molecule has 1 aromatic carbocycles. The highest BCUT2D eigenvalue weighted by atomic mass is 32.2. The predicted molar refractivity (Wildman–Crippen MR) is 62.5 cm³/mol. The zero-order valence-electron chi connectivity index (χ0n) is 9.04. The molecule has 0 aliphatic rings. The van der Waals surface area contributed by atoms with E-state index >= 15 is 0 Å². The first-order chi connectivity index (χ1) is 7.70. The molecule has 6 heteroatoms. The summed E-state index contributed by atoms with van der Waals surface area (Å²) in [6, 6.07) is 5.57. The minimum absolute atomic E-state index is 0.673. The van der Waals surface area contributed by atoms with Gasteiger partial charge in [0.25, 0.3) is 0 Å². The van der Waals surface area contributed by atoms with Crippen LogP contribution in [0.25, 0.3) is 0 Å². The van der Waals surface area contributed by atoms with E-state index in [9.17, 15) is 0 Å². The first kappa shape index (κ1) is 10.8. The van der Waals surface area contributed by atoms with Crippen molar-refractivity contribution in [2.24, 2.45) is 7.05 Å². The number of anilines is 1. The fourth-order valence-electron chi connectivity index (χ4n) is 1.21. The molecular formula is C10H12N4OS. The second-order valence-electron chi connectivity index (χ2n) is 3.23. The van der Waals surface area contributed by atoms with Crippen LogP contribution in [0.15, 0.2) is 34.6 Å². The number of ether oxygens (including phenoxy) is 1. The second-order valence-corrected chi connectivity index (χ2v) is 4.24. The average molecular weight is 236 g/mol. The number of nitrogen functional groups attached to an aromatic ring is 1. The standard InChI is InChI=1S/C10H12N4OS/c1-14-6-12-13-10(14)16-9-4-3-7(15-2)5-8(9)11/h3-6H,11H2,1-2H3. The molecule has 0 saturated heterocycles. The maximum Gasteiger partial charge on any atom is 0.195 e. The molecule has 0 atom stereocenters. The lowest BCUT2D eigenvalue weighted by Gasteiger charge is -2.06. The Morgan fingerprint density at radius 1 is 1.44 bits per heavy atom. The second kappa shape index (κ2) is 4.44. The Labute approximate surface area is 97.6 Å². The van der Waals surface area contributed by atoms with Gasteiger partial charge in [-0.15, -0.1) is 10.2 Å². The molecule has 1 heterocycles. The molecule has 0 fully saturated rings. The highest BCUT2D eigenvalue weighted by Crippen LogP contribution is 2.32. The first-order valence-electron chi connectivity index (χ1n) is 4.66. The zero-order chi connectivity index (χ0) is 11.5. The van der Waals surface area contributed by atoms with Gasteiger partial charge in [-0.1, -0.05) is 0 Å². The molecule has 2 N–H and O–H groups in total. The molecule has 0 unspecified atom stereocenters.